The number of aliphatic hydroxyl groups excluding tert-OH is 2. The molecule has 1 saturated heterocycles. The van der Waals surface area contributed by atoms with Gasteiger partial charge in [0.1, 0.15) is 24.6 Å². The number of hydrogen-bond donors (Lipinski definition) is 2. The third-order valence-corrected chi connectivity index (χ3v) is 3.80. The summed E-state index contributed by atoms with van der Waals surface area (Å²) in [6, 6.07) is 4.96. The summed E-state index contributed by atoms with van der Waals surface area (Å²) in [5.41, 5.74) is -0.223. The maximum Gasteiger partial charge on any atom is 0.206 e. The molecule has 0 amide bonds. The Balaban J connectivity index is 2.08. The molecule has 21 heavy (non-hydrogen) atoms. The number of aliphatic hydroxyl groups is 2. The van der Waals surface area contributed by atoms with E-state index in [2.05, 4.69) is 10.1 Å². The van der Waals surface area contributed by atoms with Gasteiger partial charge in [0.05, 0.1) is 23.5 Å². The lowest BCUT2D eigenvalue weighted by atomic mass is 9.97. The summed E-state index contributed by atoms with van der Waals surface area (Å²) in [5, 5.41) is 32.3. The van der Waals surface area contributed by atoms with E-state index in [-0.39, 0.29) is 0 Å². The van der Waals surface area contributed by atoms with Crippen molar-refractivity contribution in [2.45, 2.75) is 30.9 Å². The van der Waals surface area contributed by atoms with Gasteiger partial charge in [-0.25, -0.2) is 13.9 Å². The van der Waals surface area contributed by atoms with Crippen LogP contribution in [0.4, 0.5) is 4.39 Å². The molecule has 8 heteroatoms. The van der Waals surface area contributed by atoms with Crippen molar-refractivity contribution in [3.05, 3.63) is 29.8 Å². The summed E-state index contributed by atoms with van der Waals surface area (Å²) < 4.78 is 21.2. The van der Waals surface area contributed by atoms with E-state index in [0.717, 1.165) is 0 Å². The number of aryl methyl sites for hydroxylation is 1. The highest BCUT2D eigenvalue weighted by atomic mass is 19.1. The third kappa shape index (κ3) is 1.82. The average molecular weight is 292 g/mol. The van der Waals surface area contributed by atoms with Crippen molar-refractivity contribution in [2.75, 3.05) is 6.61 Å². The van der Waals surface area contributed by atoms with Crippen molar-refractivity contribution >= 4 is 5.52 Å². The molecule has 3 heterocycles. The fourth-order valence-corrected chi connectivity index (χ4v) is 2.56. The Kier molecular flexibility index (Phi) is 3.13. The van der Waals surface area contributed by atoms with Crippen molar-refractivity contribution in [3.63, 3.8) is 0 Å². The van der Waals surface area contributed by atoms with E-state index >= 15 is 0 Å². The lowest BCUT2D eigenvalue weighted by Gasteiger charge is -2.20. The van der Waals surface area contributed by atoms with Gasteiger partial charge in [-0.05, 0) is 19.1 Å². The van der Waals surface area contributed by atoms with E-state index in [1.807, 2.05) is 0 Å². The predicted molar refractivity (Wildman–Crippen MR) is 67.9 cm³/mol. The van der Waals surface area contributed by atoms with Crippen molar-refractivity contribution < 1.29 is 19.3 Å². The third-order valence-electron chi connectivity index (χ3n) is 3.80. The second kappa shape index (κ2) is 4.73. The first-order chi connectivity index (χ1) is 10.0. The van der Waals surface area contributed by atoms with Gasteiger partial charge in [-0.2, -0.15) is 10.4 Å². The molecule has 0 unspecified atom stereocenters. The minimum absolute atomic E-state index is 0.354. The number of rotatable bonds is 2. The molecule has 1 fully saturated rings. The first-order valence-electron chi connectivity index (χ1n) is 6.35. The number of nitriles is 1. The van der Waals surface area contributed by atoms with Gasteiger partial charge in [0.25, 0.3) is 0 Å². The molecular weight excluding hydrogens is 279 g/mol. The first-order valence-corrected chi connectivity index (χ1v) is 6.35. The zero-order valence-electron chi connectivity index (χ0n) is 11.1. The number of alkyl halides is 1. The zero-order valence-corrected chi connectivity index (χ0v) is 11.1. The summed E-state index contributed by atoms with van der Waals surface area (Å²) >= 11 is 0. The van der Waals surface area contributed by atoms with Crippen LogP contribution >= 0.6 is 0 Å². The summed E-state index contributed by atoms with van der Waals surface area (Å²) in [4.78, 5) is 4.03. The molecule has 2 aromatic rings. The molecule has 1 aliphatic rings. The van der Waals surface area contributed by atoms with Crippen LogP contribution in [0.15, 0.2) is 18.5 Å². The van der Waals surface area contributed by atoms with Gasteiger partial charge < -0.3 is 14.9 Å². The lowest BCUT2D eigenvalue weighted by molar-refractivity contribution is -0.0746. The normalized spacial score (nSPS) is 32.4. The Morgan fingerprint density at radius 2 is 2.33 bits per heavy atom. The number of aromatic nitrogens is 3. The Labute approximate surface area is 119 Å². The maximum atomic E-state index is 14.3. The van der Waals surface area contributed by atoms with Crippen LogP contribution < -0.4 is 0 Å². The van der Waals surface area contributed by atoms with E-state index in [1.54, 1.807) is 25.1 Å². The number of ether oxygens (including phenoxy) is 1. The quantitative estimate of drug-likeness (QED) is 0.811. The molecule has 7 nitrogen and oxygen atoms in total. The highest BCUT2D eigenvalue weighted by molar-refractivity contribution is 5.52. The Morgan fingerprint density at radius 3 is 2.95 bits per heavy atom. The zero-order chi connectivity index (χ0) is 15.2. The van der Waals surface area contributed by atoms with Crippen LogP contribution in [-0.2, 0) is 4.74 Å². The topological polar surface area (TPSA) is 104 Å². The van der Waals surface area contributed by atoms with Crippen molar-refractivity contribution in [3.8, 4) is 6.07 Å². The molecule has 3 rings (SSSR count). The van der Waals surface area contributed by atoms with Gasteiger partial charge >= 0.3 is 0 Å². The van der Waals surface area contributed by atoms with E-state index in [1.165, 1.54) is 10.8 Å². The predicted octanol–water partition coefficient (Wildman–Crippen LogP) is 0.0627. The number of halogens is 1. The molecule has 1 aliphatic heterocycles. The Morgan fingerprint density at radius 1 is 1.57 bits per heavy atom. The van der Waals surface area contributed by atoms with Crippen molar-refractivity contribution in [2.24, 2.45) is 0 Å². The lowest BCUT2D eigenvalue weighted by Crippen LogP contribution is -2.44. The highest BCUT2D eigenvalue weighted by Gasteiger charge is 2.56. The molecule has 2 aromatic heterocycles. The largest absolute Gasteiger partial charge is 0.392 e. The number of fused-ring (bicyclic) bond motifs is 1. The van der Waals surface area contributed by atoms with Crippen LogP contribution in [0.25, 0.3) is 5.52 Å². The monoisotopic (exact) mass is 292 g/mol. The number of hydrogen-bond acceptors (Lipinski definition) is 6. The molecule has 0 saturated carbocycles. The molecule has 0 aromatic carbocycles. The molecule has 4 atom stereocenters. The van der Waals surface area contributed by atoms with Crippen LogP contribution in [0.5, 0.6) is 0 Å². The molecule has 110 valence electrons. The number of nitrogens with zero attached hydrogens (tertiary/aromatic N) is 4. The van der Waals surface area contributed by atoms with E-state index in [0.29, 0.717) is 16.9 Å². The van der Waals surface area contributed by atoms with Crippen LogP contribution in [0.1, 0.15) is 17.5 Å². The van der Waals surface area contributed by atoms with Gasteiger partial charge in [0, 0.05) is 0 Å². The van der Waals surface area contributed by atoms with Crippen LogP contribution in [-0.4, -0.2) is 49.3 Å². The summed E-state index contributed by atoms with van der Waals surface area (Å²) in [6.45, 7) is 0.990. The fourth-order valence-electron chi connectivity index (χ4n) is 2.56. The second-order valence-corrected chi connectivity index (χ2v) is 4.99. The Hall–Kier alpha value is -2.08. The minimum Gasteiger partial charge on any atom is -0.392 e. The standard InChI is InChI=1S/C13H13FN4O3/c1-7-8-2-3-9(18(8)17-6-16-7)11-10(14)12(20)13(4-15,5-19)21-11/h2-3,6,10-12,19-20H,5H2,1H3/t10-,11-,12-,13+/m0/s1. The van der Waals surface area contributed by atoms with Gasteiger partial charge in [-0.3, -0.25) is 0 Å². The summed E-state index contributed by atoms with van der Waals surface area (Å²) in [5.74, 6) is 0. The van der Waals surface area contributed by atoms with Crippen LogP contribution in [0.2, 0.25) is 0 Å². The van der Waals surface area contributed by atoms with Gasteiger partial charge in [-0.15, -0.1) is 0 Å². The van der Waals surface area contributed by atoms with E-state index < -0.39 is 30.6 Å². The summed E-state index contributed by atoms with van der Waals surface area (Å²) in [7, 11) is 0. The maximum absolute atomic E-state index is 14.3. The fraction of sp³-hybridized carbons (Fsp3) is 0.462. The molecule has 0 aliphatic carbocycles. The van der Waals surface area contributed by atoms with Crippen LogP contribution in [0, 0.1) is 18.3 Å². The van der Waals surface area contributed by atoms with Gasteiger partial charge in [0.2, 0.25) is 5.60 Å². The smallest absolute Gasteiger partial charge is 0.206 e. The molecule has 2 N–H and O–H groups in total. The summed E-state index contributed by atoms with van der Waals surface area (Å²) in [6.07, 6.45) is -3.44. The SMILES string of the molecule is Cc1ncnn2c([C@@H]3O[C@](C#N)(CO)[C@@H](O)[C@H]3F)ccc12. The second-order valence-electron chi connectivity index (χ2n) is 4.99. The van der Waals surface area contributed by atoms with Crippen LogP contribution in [0.3, 0.4) is 0 Å². The van der Waals surface area contributed by atoms with Gasteiger partial charge in [0.15, 0.2) is 6.17 Å². The van der Waals surface area contributed by atoms with E-state index in [4.69, 9.17) is 10.00 Å². The minimum atomic E-state index is -1.96. The van der Waals surface area contributed by atoms with Gasteiger partial charge in [-0.1, -0.05) is 0 Å². The first kappa shape index (κ1) is 13.9. The molecule has 0 radical (unpaired) electrons. The molecule has 0 spiro atoms. The average Bonchev–Trinajstić information content (AvgIpc) is 3.02. The highest BCUT2D eigenvalue weighted by Crippen LogP contribution is 2.41. The van der Waals surface area contributed by atoms with Crippen molar-refractivity contribution in [1.82, 2.24) is 14.6 Å². The Bertz CT molecular complexity index is 728. The van der Waals surface area contributed by atoms with E-state index in [9.17, 15) is 14.6 Å². The molecule has 0 bridgehead atoms. The van der Waals surface area contributed by atoms with Crippen molar-refractivity contribution in [1.29, 1.82) is 5.26 Å². The molecular formula is C13H13FN4O3.